The molecule has 6 heteroatoms. The maximum atomic E-state index is 11.3. The minimum absolute atomic E-state index is 0.102. The van der Waals surface area contributed by atoms with E-state index in [9.17, 15) is 9.59 Å². The highest BCUT2D eigenvalue weighted by Crippen LogP contribution is 1.91. The van der Waals surface area contributed by atoms with Crippen LogP contribution in [0.25, 0.3) is 0 Å². The summed E-state index contributed by atoms with van der Waals surface area (Å²) in [5.41, 5.74) is 0.843. The quantitative estimate of drug-likeness (QED) is 0.680. The number of carbonyl (C=O) groups is 2. The van der Waals surface area contributed by atoms with Gasteiger partial charge in [0.15, 0.2) is 0 Å². The molecule has 1 aromatic rings. The lowest BCUT2D eigenvalue weighted by Gasteiger charge is -2.03. The Labute approximate surface area is 87.2 Å². The van der Waals surface area contributed by atoms with Crippen LogP contribution in [-0.2, 0) is 20.9 Å². The number of rotatable bonds is 4. The Morgan fingerprint density at radius 3 is 2.87 bits per heavy atom. The molecule has 15 heavy (non-hydrogen) atoms. The fourth-order valence-corrected chi connectivity index (χ4v) is 0.997. The highest BCUT2D eigenvalue weighted by atomic mass is 16.5. The number of hydrogen-bond acceptors (Lipinski definition) is 4. The Balaban J connectivity index is 2.33. The van der Waals surface area contributed by atoms with Gasteiger partial charge in [-0.15, -0.1) is 0 Å². The predicted octanol–water partition coefficient (Wildman–Crippen LogP) is -0.519. The van der Waals surface area contributed by atoms with Gasteiger partial charge in [0.25, 0.3) is 0 Å². The Kier molecular flexibility index (Phi) is 3.84. The lowest BCUT2D eigenvalue weighted by molar-refractivity contribution is -0.141. The van der Waals surface area contributed by atoms with Crippen molar-refractivity contribution in [1.29, 1.82) is 0 Å². The summed E-state index contributed by atoms with van der Waals surface area (Å²) in [4.78, 5) is 22.0. The molecule has 0 atom stereocenters. The van der Waals surface area contributed by atoms with E-state index in [1.54, 1.807) is 12.3 Å². The minimum Gasteiger partial charge on any atom is -0.468 e. The average molecular weight is 211 g/mol. The van der Waals surface area contributed by atoms with Gasteiger partial charge in [0, 0.05) is 6.20 Å². The number of nitrogens with one attached hydrogen (secondary N) is 1. The van der Waals surface area contributed by atoms with Crippen LogP contribution in [0.2, 0.25) is 0 Å². The standard InChI is InChI=1S/C9H13N3O3/c1-7-3-4-12(11-7)6-8(13)10-5-9(14)15-2/h3-4H,5-6H2,1-2H3,(H,10,13). The molecule has 1 N–H and O–H groups in total. The first kappa shape index (κ1) is 11.2. The number of methoxy groups -OCH3 is 1. The molecular formula is C9H13N3O3. The topological polar surface area (TPSA) is 73.2 Å². The van der Waals surface area contributed by atoms with Gasteiger partial charge in [-0.05, 0) is 13.0 Å². The number of aromatic nitrogens is 2. The summed E-state index contributed by atoms with van der Waals surface area (Å²) in [6, 6.07) is 1.80. The van der Waals surface area contributed by atoms with Crippen LogP contribution < -0.4 is 5.32 Å². The Bertz CT molecular complexity index is 359. The van der Waals surface area contributed by atoms with Crippen LogP contribution in [0.4, 0.5) is 0 Å². The van der Waals surface area contributed by atoms with Crippen LogP contribution in [0.1, 0.15) is 5.69 Å². The second-order valence-corrected chi connectivity index (χ2v) is 3.01. The van der Waals surface area contributed by atoms with Crippen LogP contribution in [-0.4, -0.2) is 35.3 Å². The van der Waals surface area contributed by atoms with Gasteiger partial charge < -0.3 is 10.1 Å². The predicted molar refractivity (Wildman–Crippen MR) is 52.0 cm³/mol. The van der Waals surface area contributed by atoms with Gasteiger partial charge in [0.1, 0.15) is 13.1 Å². The SMILES string of the molecule is COC(=O)CNC(=O)Cn1ccc(C)n1. The van der Waals surface area contributed by atoms with E-state index in [1.807, 2.05) is 6.92 Å². The minimum atomic E-state index is -0.472. The van der Waals surface area contributed by atoms with Crippen LogP contribution in [0.3, 0.4) is 0 Å². The molecule has 1 amide bonds. The maximum Gasteiger partial charge on any atom is 0.325 e. The molecule has 6 nitrogen and oxygen atoms in total. The van der Waals surface area contributed by atoms with E-state index in [1.165, 1.54) is 11.8 Å². The number of carbonyl (C=O) groups excluding carboxylic acids is 2. The molecule has 1 rings (SSSR count). The molecular weight excluding hydrogens is 198 g/mol. The number of hydrogen-bond donors (Lipinski definition) is 1. The third-order valence-corrected chi connectivity index (χ3v) is 1.74. The van der Waals surface area contributed by atoms with E-state index in [4.69, 9.17) is 0 Å². The zero-order valence-corrected chi connectivity index (χ0v) is 8.69. The highest BCUT2D eigenvalue weighted by molar-refractivity contribution is 5.81. The van der Waals surface area contributed by atoms with Crippen LogP contribution in [0, 0.1) is 6.92 Å². The van der Waals surface area contributed by atoms with Crippen LogP contribution in [0.15, 0.2) is 12.3 Å². The monoisotopic (exact) mass is 211 g/mol. The summed E-state index contributed by atoms with van der Waals surface area (Å²) in [5.74, 6) is -0.747. The molecule has 0 radical (unpaired) electrons. The molecule has 0 aliphatic carbocycles. The van der Waals surface area contributed by atoms with Gasteiger partial charge in [-0.1, -0.05) is 0 Å². The number of nitrogens with zero attached hydrogens (tertiary/aromatic N) is 2. The zero-order chi connectivity index (χ0) is 11.3. The summed E-state index contributed by atoms with van der Waals surface area (Å²) in [6.45, 7) is 1.82. The molecule has 0 aliphatic heterocycles. The smallest absolute Gasteiger partial charge is 0.325 e. The van der Waals surface area contributed by atoms with Gasteiger partial charge in [-0.25, -0.2) is 0 Å². The van der Waals surface area contributed by atoms with Crippen molar-refractivity contribution in [3.8, 4) is 0 Å². The molecule has 0 unspecified atom stereocenters. The Hall–Kier alpha value is -1.85. The Morgan fingerprint density at radius 2 is 2.33 bits per heavy atom. The lowest BCUT2D eigenvalue weighted by Crippen LogP contribution is -2.32. The van der Waals surface area contributed by atoms with Crippen molar-refractivity contribution in [2.75, 3.05) is 13.7 Å². The number of esters is 1. The van der Waals surface area contributed by atoms with Crippen molar-refractivity contribution in [3.63, 3.8) is 0 Å². The van der Waals surface area contributed by atoms with Gasteiger partial charge >= 0.3 is 5.97 Å². The molecule has 1 aromatic heterocycles. The normalized spacial score (nSPS) is 9.73. The van der Waals surface area contributed by atoms with E-state index in [2.05, 4.69) is 15.2 Å². The van der Waals surface area contributed by atoms with E-state index in [0.717, 1.165) is 5.69 Å². The van der Waals surface area contributed by atoms with E-state index in [-0.39, 0.29) is 19.0 Å². The largest absolute Gasteiger partial charge is 0.468 e. The molecule has 82 valence electrons. The first-order chi connectivity index (χ1) is 7.11. The third-order valence-electron chi connectivity index (χ3n) is 1.74. The van der Waals surface area contributed by atoms with Gasteiger partial charge in [0.2, 0.25) is 5.91 Å². The fraction of sp³-hybridized carbons (Fsp3) is 0.444. The molecule has 0 aliphatic rings. The molecule has 0 bridgehead atoms. The maximum absolute atomic E-state index is 11.3. The summed E-state index contributed by atoms with van der Waals surface area (Å²) >= 11 is 0. The summed E-state index contributed by atoms with van der Waals surface area (Å²) in [6.07, 6.45) is 1.70. The van der Waals surface area contributed by atoms with Crippen molar-refractivity contribution in [3.05, 3.63) is 18.0 Å². The summed E-state index contributed by atoms with van der Waals surface area (Å²) < 4.78 is 5.88. The van der Waals surface area contributed by atoms with Crippen molar-refractivity contribution in [1.82, 2.24) is 15.1 Å². The van der Waals surface area contributed by atoms with E-state index < -0.39 is 5.97 Å². The average Bonchev–Trinajstić information content (AvgIpc) is 2.60. The van der Waals surface area contributed by atoms with Gasteiger partial charge in [-0.3, -0.25) is 14.3 Å². The molecule has 0 spiro atoms. The van der Waals surface area contributed by atoms with Gasteiger partial charge in [0.05, 0.1) is 12.8 Å². The summed E-state index contributed by atoms with van der Waals surface area (Å²) in [5, 5.41) is 6.45. The number of aryl methyl sites for hydroxylation is 1. The van der Waals surface area contributed by atoms with Crippen molar-refractivity contribution in [2.24, 2.45) is 0 Å². The molecule has 0 fully saturated rings. The second-order valence-electron chi connectivity index (χ2n) is 3.01. The second kappa shape index (κ2) is 5.14. The number of ether oxygens (including phenoxy) is 1. The molecule has 0 saturated heterocycles. The van der Waals surface area contributed by atoms with Crippen molar-refractivity contribution in [2.45, 2.75) is 13.5 Å². The summed E-state index contributed by atoms with van der Waals surface area (Å²) in [7, 11) is 1.27. The molecule has 0 saturated carbocycles. The first-order valence-corrected chi connectivity index (χ1v) is 4.45. The van der Waals surface area contributed by atoms with E-state index in [0.29, 0.717) is 0 Å². The highest BCUT2D eigenvalue weighted by Gasteiger charge is 2.06. The number of amides is 1. The van der Waals surface area contributed by atoms with Crippen LogP contribution in [0.5, 0.6) is 0 Å². The fourth-order valence-electron chi connectivity index (χ4n) is 0.997. The first-order valence-electron chi connectivity index (χ1n) is 4.45. The van der Waals surface area contributed by atoms with Crippen molar-refractivity contribution < 1.29 is 14.3 Å². The zero-order valence-electron chi connectivity index (χ0n) is 8.69. The van der Waals surface area contributed by atoms with Crippen molar-refractivity contribution >= 4 is 11.9 Å². The van der Waals surface area contributed by atoms with Gasteiger partial charge in [-0.2, -0.15) is 5.10 Å². The molecule has 0 aromatic carbocycles. The lowest BCUT2D eigenvalue weighted by atomic mass is 10.5. The Morgan fingerprint density at radius 1 is 1.60 bits per heavy atom. The molecule has 1 heterocycles. The third kappa shape index (κ3) is 3.80. The van der Waals surface area contributed by atoms with E-state index >= 15 is 0 Å². The van der Waals surface area contributed by atoms with Crippen LogP contribution >= 0.6 is 0 Å².